The van der Waals surface area contributed by atoms with Crippen molar-refractivity contribution in [1.29, 1.82) is 0 Å². The molecular formula is C14H16B. The fourth-order valence-corrected chi connectivity index (χ4v) is 1.71. The van der Waals surface area contributed by atoms with Crippen molar-refractivity contribution in [3.05, 3.63) is 53.5 Å². The van der Waals surface area contributed by atoms with Gasteiger partial charge < -0.3 is 0 Å². The molecule has 0 spiro atoms. The summed E-state index contributed by atoms with van der Waals surface area (Å²) in [7, 11) is 2.24. The van der Waals surface area contributed by atoms with Crippen molar-refractivity contribution in [3.63, 3.8) is 0 Å². The summed E-state index contributed by atoms with van der Waals surface area (Å²) in [6.45, 7) is 4.36. The largest absolute Gasteiger partial charge is 0.190 e. The van der Waals surface area contributed by atoms with Crippen LogP contribution in [0.2, 0.25) is 0 Å². The smallest absolute Gasteiger partial charge is 0.0898 e. The molecule has 1 aromatic rings. The topological polar surface area (TPSA) is 0 Å². The van der Waals surface area contributed by atoms with Crippen LogP contribution in [0, 0.1) is 12.8 Å². The van der Waals surface area contributed by atoms with E-state index in [9.17, 15) is 0 Å². The molecule has 1 aliphatic rings. The maximum Gasteiger partial charge on any atom is 0.190 e. The van der Waals surface area contributed by atoms with E-state index in [1.54, 1.807) is 0 Å². The molecule has 0 N–H and O–H groups in total. The Balaban J connectivity index is 2.04. The molecule has 75 valence electrons. The lowest BCUT2D eigenvalue weighted by molar-refractivity contribution is 0.735. The molecule has 0 saturated carbocycles. The molecule has 0 bridgehead atoms. The van der Waals surface area contributed by atoms with Crippen LogP contribution in [0.4, 0.5) is 0 Å². The van der Waals surface area contributed by atoms with Gasteiger partial charge in [0.25, 0.3) is 0 Å². The normalized spacial score (nSPS) is 19.9. The minimum atomic E-state index is 0.695. The summed E-state index contributed by atoms with van der Waals surface area (Å²) in [4.78, 5) is 0. The van der Waals surface area contributed by atoms with Crippen LogP contribution in [0.1, 0.15) is 18.9 Å². The van der Waals surface area contributed by atoms with Crippen LogP contribution in [-0.2, 0) is 0 Å². The van der Waals surface area contributed by atoms with E-state index in [-0.39, 0.29) is 0 Å². The van der Waals surface area contributed by atoms with Gasteiger partial charge in [-0.3, -0.25) is 0 Å². The molecule has 0 heterocycles. The summed E-state index contributed by atoms with van der Waals surface area (Å²) in [5.74, 6) is 0.695. The number of allylic oxidation sites excluding steroid dienone is 4. The minimum Gasteiger partial charge on any atom is -0.0898 e. The summed E-state index contributed by atoms with van der Waals surface area (Å²) in [5, 5.41) is 0. The first-order chi connectivity index (χ1) is 7.24. The SMILES string of the molecule is Cc1ccc([B]C2=CCC(C)C=C2)cc1. The molecule has 1 atom stereocenters. The van der Waals surface area contributed by atoms with Crippen molar-refractivity contribution in [2.75, 3.05) is 0 Å². The van der Waals surface area contributed by atoms with Gasteiger partial charge in [0.05, 0.1) is 0 Å². The van der Waals surface area contributed by atoms with E-state index in [4.69, 9.17) is 0 Å². The van der Waals surface area contributed by atoms with Crippen molar-refractivity contribution in [2.45, 2.75) is 20.3 Å². The van der Waals surface area contributed by atoms with Crippen molar-refractivity contribution >= 4 is 12.7 Å². The van der Waals surface area contributed by atoms with Gasteiger partial charge in [-0.15, -0.1) is 0 Å². The van der Waals surface area contributed by atoms with Gasteiger partial charge in [-0.05, 0) is 19.3 Å². The third-order valence-corrected chi connectivity index (χ3v) is 2.75. The van der Waals surface area contributed by atoms with E-state index in [1.807, 2.05) is 0 Å². The van der Waals surface area contributed by atoms with Gasteiger partial charge in [0.15, 0.2) is 7.28 Å². The average Bonchev–Trinajstić information content (AvgIpc) is 2.25. The summed E-state index contributed by atoms with van der Waals surface area (Å²) >= 11 is 0. The van der Waals surface area contributed by atoms with E-state index in [2.05, 4.69) is 63.6 Å². The molecule has 1 aliphatic carbocycles. The third-order valence-electron chi connectivity index (χ3n) is 2.75. The first kappa shape index (κ1) is 10.3. The van der Waals surface area contributed by atoms with Gasteiger partial charge in [0.2, 0.25) is 0 Å². The predicted molar refractivity (Wildman–Crippen MR) is 67.6 cm³/mol. The van der Waals surface area contributed by atoms with E-state index >= 15 is 0 Å². The molecule has 1 unspecified atom stereocenters. The zero-order chi connectivity index (χ0) is 10.7. The van der Waals surface area contributed by atoms with Gasteiger partial charge in [0.1, 0.15) is 0 Å². The Morgan fingerprint density at radius 2 is 1.93 bits per heavy atom. The van der Waals surface area contributed by atoms with Crippen LogP contribution < -0.4 is 5.46 Å². The second-order valence-corrected chi connectivity index (χ2v) is 4.33. The van der Waals surface area contributed by atoms with Crippen LogP contribution in [0.25, 0.3) is 0 Å². The Labute approximate surface area is 93.0 Å². The molecule has 1 radical (unpaired) electrons. The highest BCUT2D eigenvalue weighted by Crippen LogP contribution is 2.14. The highest BCUT2D eigenvalue weighted by atomic mass is 14.0. The Morgan fingerprint density at radius 3 is 2.53 bits per heavy atom. The lowest BCUT2D eigenvalue weighted by Gasteiger charge is -2.11. The minimum absolute atomic E-state index is 0.695. The molecular weight excluding hydrogens is 179 g/mol. The Kier molecular flexibility index (Phi) is 3.10. The zero-order valence-corrected chi connectivity index (χ0v) is 9.40. The van der Waals surface area contributed by atoms with Crippen molar-refractivity contribution < 1.29 is 0 Å². The third kappa shape index (κ3) is 2.85. The lowest BCUT2D eigenvalue weighted by Crippen LogP contribution is -2.16. The summed E-state index contributed by atoms with van der Waals surface area (Å²) in [5.41, 5.74) is 3.93. The number of hydrogen-bond donors (Lipinski definition) is 0. The van der Waals surface area contributed by atoms with Gasteiger partial charge in [0, 0.05) is 0 Å². The summed E-state index contributed by atoms with van der Waals surface area (Å²) in [6.07, 6.45) is 7.97. The molecule has 0 saturated heterocycles. The number of hydrogen-bond acceptors (Lipinski definition) is 0. The first-order valence-corrected chi connectivity index (χ1v) is 5.54. The van der Waals surface area contributed by atoms with Crippen LogP contribution in [0.3, 0.4) is 0 Å². The van der Waals surface area contributed by atoms with Crippen molar-refractivity contribution in [3.8, 4) is 0 Å². The fraction of sp³-hybridized carbons (Fsp3) is 0.286. The standard InChI is InChI=1S/C14H16B/c1-11-3-7-13(8-4-11)15-14-9-5-12(2)6-10-14/h3-5,7-10,12H,6H2,1-2H3. The molecule has 1 aromatic carbocycles. The maximum atomic E-state index is 2.31. The van der Waals surface area contributed by atoms with E-state index in [0.29, 0.717) is 5.92 Å². The van der Waals surface area contributed by atoms with Gasteiger partial charge >= 0.3 is 0 Å². The zero-order valence-electron chi connectivity index (χ0n) is 9.40. The number of rotatable bonds is 2. The number of benzene rings is 1. The monoisotopic (exact) mass is 195 g/mol. The van der Waals surface area contributed by atoms with Crippen LogP contribution in [-0.4, -0.2) is 7.28 Å². The Bertz CT molecular complexity index is 384. The van der Waals surface area contributed by atoms with Gasteiger partial charge in [-0.2, -0.15) is 0 Å². The maximum absolute atomic E-state index is 2.31. The average molecular weight is 195 g/mol. The molecule has 0 aromatic heterocycles. The first-order valence-electron chi connectivity index (χ1n) is 5.54. The molecule has 0 aliphatic heterocycles. The summed E-state index contributed by atoms with van der Waals surface area (Å²) < 4.78 is 0. The highest BCUT2D eigenvalue weighted by Gasteiger charge is 2.05. The molecule has 0 amide bonds. The second kappa shape index (κ2) is 4.52. The van der Waals surface area contributed by atoms with Crippen LogP contribution >= 0.6 is 0 Å². The fourth-order valence-electron chi connectivity index (χ4n) is 1.71. The van der Waals surface area contributed by atoms with E-state index in [1.165, 1.54) is 16.5 Å². The Hall–Kier alpha value is -1.24. The summed E-state index contributed by atoms with van der Waals surface area (Å²) in [6, 6.07) is 8.65. The quantitative estimate of drug-likeness (QED) is 0.636. The van der Waals surface area contributed by atoms with Crippen molar-refractivity contribution in [1.82, 2.24) is 0 Å². The van der Waals surface area contributed by atoms with E-state index in [0.717, 1.165) is 6.42 Å². The molecule has 15 heavy (non-hydrogen) atoms. The molecule has 2 rings (SSSR count). The molecule has 0 fully saturated rings. The predicted octanol–water partition coefficient (Wildman–Crippen LogP) is 2.80. The van der Waals surface area contributed by atoms with E-state index < -0.39 is 0 Å². The molecule has 0 nitrogen and oxygen atoms in total. The second-order valence-electron chi connectivity index (χ2n) is 4.33. The Morgan fingerprint density at radius 1 is 1.20 bits per heavy atom. The van der Waals surface area contributed by atoms with Crippen LogP contribution in [0.5, 0.6) is 0 Å². The lowest BCUT2D eigenvalue weighted by atomic mass is 9.61. The van der Waals surface area contributed by atoms with Gasteiger partial charge in [-0.25, -0.2) is 0 Å². The number of aryl methyl sites for hydroxylation is 1. The van der Waals surface area contributed by atoms with Gasteiger partial charge in [-0.1, -0.05) is 65.9 Å². The highest BCUT2D eigenvalue weighted by molar-refractivity contribution is 6.61. The van der Waals surface area contributed by atoms with Crippen molar-refractivity contribution in [2.24, 2.45) is 5.92 Å². The van der Waals surface area contributed by atoms with Crippen LogP contribution in [0.15, 0.2) is 48.0 Å². The molecule has 1 heteroatoms.